The molecule has 4 nitrogen and oxygen atoms in total. The van der Waals surface area contributed by atoms with Crippen molar-refractivity contribution in [3.63, 3.8) is 0 Å². The number of hydrogen-bond acceptors (Lipinski definition) is 5. The first kappa shape index (κ1) is 11.3. The largest absolute Gasteiger partial charge is 0.361 e. The first-order chi connectivity index (χ1) is 7.81. The monoisotopic (exact) mass is 254 g/mol. The van der Waals surface area contributed by atoms with Gasteiger partial charge in [0.15, 0.2) is 11.0 Å². The number of anilines is 1. The Bertz CT molecular complexity index is 471. The van der Waals surface area contributed by atoms with E-state index < -0.39 is 0 Å². The van der Waals surface area contributed by atoms with E-state index in [1.165, 1.54) is 5.56 Å². The molecule has 0 spiro atoms. The van der Waals surface area contributed by atoms with Crippen molar-refractivity contribution < 1.29 is 0 Å². The number of rotatable bonds is 4. The van der Waals surface area contributed by atoms with Crippen LogP contribution < -0.4 is 5.32 Å². The Morgan fingerprint density at radius 3 is 3.00 bits per heavy atom. The molecule has 0 atom stereocenters. The van der Waals surface area contributed by atoms with Crippen LogP contribution in [0.15, 0.2) is 18.3 Å². The van der Waals surface area contributed by atoms with Crippen molar-refractivity contribution in [1.29, 1.82) is 0 Å². The lowest BCUT2D eigenvalue weighted by Crippen LogP contribution is -2.05. The molecule has 0 bridgehead atoms. The van der Waals surface area contributed by atoms with Crippen LogP contribution in [0.25, 0.3) is 0 Å². The van der Waals surface area contributed by atoms with Crippen molar-refractivity contribution in [2.45, 2.75) is 19.9 Å². The average Bonchev–Trinajstić information content (AvgIpc) is 2.72. The van der Waals surface area contributed by atoms with Crippen molar-refractivity contribution in [1.82, 2.24) is 13.7 Å². The number of aryl methyl sites for hydroxylation is 1. The van der Waals surface area contributed by atoms with Gasteiger partial charge in [-0.25, -0.2) is 0 Å². The van der Waals surface area contributed by atoms with Crippen LogP contribution in [-0.2, 0) is 13.0 Å². The van der Waals surface area contributed by atoms with Gasteiger partial charge in [0.05, 0.1) is 24.0 Å². The van der Waals surface area contributed by atoms with E-state index >= 15 is 0 Å². The maximum absolute atomic E-state index is 5.83. The molecule has 2 aromatic rings. The van der Waals surface area contributed by atoms with Gasteiger partial charge in [-0.2, -0.15) is 8.75 Å². The molecule has 2 aromatic heterocycles. The molecule has 0 aliphatic heterocycles. The van der Waals surface area contributed by atoms with E-state index in [0.29, 0.717) is 17.5 Å². The molecule has 0 saturated heterocycles. The maximum atomic E-state index is 5.83. The van der Waals surface area contributed by atoms with Gasteiger partial charge in [0.25, 0.3) is 0 Å². The Hall–Kier alpha value is -1.20. The lowest BCUT2D eigenvalue weighted by molar-refractivity contribution is 0.968. The molecule has 0 amide bonds. The number of hydrogen-bond donors (Lipinski definition) is 1. The Kier molecular flexibility index (Phi) is 3.69. The van der Waals surface area contributed by atoms with Crippen molar-refractivity contribution in [3.8, 4) is 0 Å². The highest BCUT2D eigenvalue weighted by molar-refractivity contribution is 6.99. The third-order valence-electron chi connectivity index (χ3n) is 2.24. The van der Waals surface area contributed by atoms with Gasteiger partial charge < -0.3 is 5.32 Å². The van der Waals surface area contributed by atoms with Crippen LogP contribution in [-0.4, -0.2) is 13.7 Å². The van der Waals surface area contributed by atoms with Gasteiger partial charge in [-0.1, -0.05) is 24.6 Å². The summed E-state index contributed by atoms with van der Waals surface area (Å²) in [6, 6.07) is 4.02. The van der Waals surface area contributed by atoms with E-state index in [1.54, 1.807) is 6.20 Å². The zero-order valence-corrected chi connectivity index (χ0v) is 10.3. The number of nitrogens with one attached hydrogen (secondary N) is 1. The van der Waals surface area contributed by atoms with Gasteiger partial charge in [0.1, 0.15) is 0 Å². The molecular formula is C10H11ClN4S. The second kappa shape index (κ2) is 5.23. The smallest absolute Gasteiger partial charge is 0.186 e. The highest BCUT2D eigenvalue weighted by Crippen LogP contribution is 2.18. The molecule has 0 aliphatic carbocycles. The van der Waals surface area contributed by atoms with E-state index in [1.807, 2.05) is 6.07 Å². The molecule has 2 rings (SSSR count). The van der Waals surface area contributed by atoms with Crippen LogP contribution in [0, 0.1) is 0 Å². The topological polar surface area (TPSA) is 50.7 Å². The van der Waals surface area contributed by atoms with Crippen molar-refractivity contribution in [3.05, 3.63) is 34.7 Å². The fourth-order valence-corrected chi connectivity index (χ4v) is 2.09. The summed E-state index contributed by atoms with van der Waals surface area (Å²) in [5.74, 6) is 0.624. The molecule has 84 valence electrons. The van der Waals surface area contributed by atoms with Gasteiger partial charge >= 0.3 is 0 Å². The molecule has 0 unspecified atom stereocenters. The van der Waals surface area contributed by atoms with Crippen LogP contribution in [0.4, 0.5) is 5.82 Å². The minimum absolute atomic E-state index is 0.416. The molecule has 16 heavy (non-hydrogen) atoms. The third kappa shape index (κ3) is 2.48. The summed E-state index contributed by atoms with van der Waals surface area (Å²) in [6.45, 7) is 2.73. The molecule has 0 fully saturated rings. The Labute approximate surface area is 103 Å². The molecule has 0 aromatic carbocycles. The Morgan fingerprint density at radius 1 is 1.44 bits per heavy atom. The molecular weight excluding hydrogens is 244 g/mol. The van der Waals surface area contributed by atoms with Crippen LogP contribution >= 0.6 is 23.3 Å². The first-order valence-corrected chi connectivity index (χ1v) is 6.06. The minimum atomic E-state index is 0.416. The highest BCUT2D eigenvalue weighted by atomic mass is 35.5. The summed E-state index contributed by atoms with van der Waals surface area (Å²) in [6.07, 6.45) is 2.75. The second-order valence-corrected chi connectivity index (χ2v) is 4.11. The number of nitrogens with zero attached hydrogens (tertiary/aromatic N) is 3. The highest BCUT2D eigenvalue weighted by Gasteiger charge is 2.06. The SMILES string of the molecule is CCc1cccnc1CNc1nsnc1Cl. The van der Waals surface area contributed by atoms with E-state index in [9.17, 15) is 0 Å². The molecule has 6 heteroatoms. The minimum Gasteiger partial charge on any atom is -0.361 e. The molecule has 2 heterocycles. The second-order valence-electron chi connectivity index (χ2n) is 3.22. The zero-order chi connectivity index (χ0) is 11.4. The number of aromatic nitrogens is 3. The molecule has 0 radical (unpaired) electrons. The standard InChI is InChI=1S/C10H11ClN4S/c1-2-7-4-3-5-12-8(7)6-13-10-9(11)14-16-15-10/h3-5H,2,6H2,1H3,(H,13,15). The normalized spacial score (nSPS) is 10.4. The van der Waals surface area contributed by atoms with Gasteiger partial charge in [-0.05, 0) is 18.1 Å². The fourth-order valence-electron chi connectivity index (χ4n) is 1.40. The predicted molar refractivity (Wildman–Crippen MR) is 65.9 cm³/mol. The van der Waals surface area contributed by atoms with Crippen molar-refractivity contribution >= 4 is 29.1 Å². The number of pyridine rings is 1. The summed E-state index contributed by atoms with van der Waals surface area (Å²) in [5, 5.41) is 3.54. The quantitative estimate of drug-likeness (QED) is 0.912. The van der Waals surface area contributed by atoms with Crippen molar-refractivity contribution in [2.75, 3.05) is 5.32 Å². The maximum Gasteiger partial charge on any atom is 0.186 e. The van der Waals surface area contributed by atoms with E-state index in [-0.39, 0.29) is 0 Å². The van der Waals surface area contributed by atoms with Gasteiger partial charge in [0, 0.05) is 6.20 Å². The lowest BCUT2D eigenvalue weighted by Gasteiger charge is -2.06. The average molecular weight is 255 g/mol. The van der Waals surface area contributed by atoms with Crippen LogP contribution in [0.3, 0.4) is 0 Å². The Morgan fingerprint density at radius 2 is 2.31 bits per heavy atom. The first-order valence-electron chi connectivity index (χ1n) is 4.96. The Balaban J connectivity index is 2.07. The molecule has 1 N–H and O–H groups in total. The third-order valence-corrected chi connectivity index (χ3v) is 3.13. The fraction of sp³-hybridized carbons (Fsp3) is 0.300. The van der Waals surface area contributed by atoms with E-state index in [0.717, 1.165) is 23.8 Å². The zero-order valence-electron chi connectivity index (χ0n) is 8.77. The van der Waals surface area contributed by atoms with Gasteiger partial charge in [-0.15, -0.1) is 0 Å². The van der Waals surface area contributed by atoms with Crippen LogP contribution in [0.1, 0.15) is 18.2 Å². The molecule has 0 saturated carbocycles. The predicted octanol–water partition coefficient (Wildman–Crippen LogP) is 2.76. The summed E-state index contributed by atoms with van der Waals surface area (Å²) in [5.41, 5.74) is 2.25. The number of halogens is 1. The summed E-state index contributed by atoms with van der Waals surface area (Å²) in [7, 11) is 0. The van der Waals surface area contributed by atoms with Gasteiger partial charge in [0.2, 0.25) is 0 Å². The summed E-state index contributed by atoms with van der Waals surface area (Å²) < 4.78 is 7.93. The van der Waals surface area contributed by atoms with Crippen LogP contribution in [0.5, 0.6) is 0 Å². The lowest BCUT2D eigenvalue weighted by atomic mass is 10.1. The van der Waals surface area contributed by atoms with E-state index in [2.05, 4.69) is 32.0 Å². The van der Waals surface area contributed by atoms with E-state index in [4.69, 9.17) is 11.6 Å². The van der Waals surface area contributed by atoms with Gasteiger partial charge in [-0.3, -0.25) is 4.98 Å². The summed E-state index contributed by atoms with van der Waals surface area (Å²) in [4.78, 5) is 4.33. The van der Waals surface area contributed by atoms with Crippen molar-refractivity contribution in [2.24, 2.45) is 0 Å². The summed E-state index contributed by atoms with van der Waals surface area (Å²) >= 11 is 6.93. The van der Waals surface area contributed by atoms with Crippen LogP contribution in [0.2, 0.25) is 5.15 Å². The molecule has 0 aliphatic rings.